The van der Waals surface area contributed by atoms with Crippen molar-refractivity contribution in [2.45, 2.75) is 6.92 Å². The molecule has 0 aliphatic heterocycles. The third-order valence-corrected chi connectivity index (χ3v) is 2.42. The summed E-state index contributed by atoms with van der Waals surface area (Å²) in [5.74, 6) is 0. The van der Waals surface area contributed by atoms with Gasteiger partial charge in [0.1, 0.15) is 0 Å². The molecule has 0 atom stereocenters. The van der Waals surface area contributed by atoms with Gasteiger partial charge in [0, 0.05) is 0 Å². The fourth-order valence-electron chi connectivity index (χ4n) is 1.18. The number of hydrogen-bond acceptors (Lipinski definition) is 0. The molecule has 0 aromatic heterocycles. The molecule has 0 heterocycles. The first-order valence-corrected chi connectivity index (χ1v) is 6.77. The molecular weight excluding hydrogens is 275 g/mol. The van der Waals surface area contributed by atoms with Gasteiger partial charge >= 0.3 is 29.6 Å². The van der Waals surface area contributed by atoms with Gasteiger partial charge in [0.2, 0.25) is 0 Å². The number of hydrogen-bond donors (Lipinski definition) is 0. The van der Waals surface area contributed by atoms with Gasteiger partial charge in [0.25, 0.3) is 0 Å². The van der Waals surface area contributed by atoms with Crippen molar-refractivity contribution in [1.29, 1.82) is 0 Å². The Labute approximate surface area is 157 Å². The van der Waals surface area contributed by atoms with E-state index in [1.165, 1.54) is 11.1 Å². The Bertz CT molecular complexity index is 495. The number of allylic oxidation sites excluding steroid dienone is 2. The second-order valence-corrected chi connectivity index (χ2v) is 4.28. The minimum absolute atomic E-state index is 0. The Morgan fingerprint density at radius 3 is 1.14 bits per heavy atom. The van der Waals surface area contributed by atoms with Gasteiger partial charge in [-0.25, -0.2) is 0 Å². The Morgan fingerprint density at radius 2 is 1.00 bits per heavy atom. The second-order valence-electron chi connectivity index (χ2n) is 4.28. The van der Waals surface area contributed by atoms with Crippen LogP contribution < -0.4 is 0 Å². The molecule has 0 aliphatic carbocycles. The average molecular weight is 300 g/mol. The maximum atomic E-state index is 3.63. The quantitative estimate of drug-likeness (QED) is 0.499. The van der Waals surface area contributed by atoms with Crippen LogP contribution in [0.2, 0.25) is 0 Å². The van der Waals surface area contributed by atoms with E-state index in [2.05, 4.69) is 26.3 Å². The predicted octanol–water partition coefficient (Wildman–Crippen LogP) is 5.76. The van der Waals surface area contributed by atoms with Crippen LogP contribution in [0.25, 0.3) is 12.2 Å². The fraction of sp³-hybridized carbons (Fsp3) is 0.0476. The molecule has 0 unspecified atom stereocenters. The van der Waals surface area contributed by atoms with Crippen LogP contribution >= 0.6 is 0 Å². The summed E-state index contributed by atoms with van der Waals surface area (Å²) < 4.78 is 0. The zero-order valence-corrected chi connectivity index (χ0v) is 12.8. The molecule has 0 amide bonds. The van der Waals surface area contributed by atoms with E-state index in [9.17, 15) is 0 Å². The normalized spacial score (nSPS) is 7.68. The van der Waals surface area contributed by atoms with Crippen LogP contribution in [-0.4, -0.2) is 29.6 Å². The Kier molecular flexibility index (Phi) is 16.3. The van der Waals surface area contributed by atoms with Crippen molar-refractivity contribution in [2.24, 2.45) is 0 Å². The summed E-state index contributed by atoms with van der Waals surface area (Å²) in [5.41, 5.74) is 3.37. The van der Waals surface area contributed by atoms with Gasteiger partial charge in [0.05, 0.1) is 0 Å². The molecule has 0 radical (unpaired) electrons. The summed E-state index contributed by atoms with van der Waals surface area (Å²) in [5, 5.41) is 0. The summed E-state index contributed by atoms with van der Waals surface area (Å²) in [4.78, 5) is 0. The van der Waals surface area contributed by atoms with E-state index in [-0.39, 0.29) is 29.6 Å². The zero-order chi connectivity index (χ0) is 15.9. The van der Waals surface area contributed by atoms with Crippen molar-refractivity contribution < 1.29 is 0 Å². The van der Waals surface area contributed by atoms with Crippen LogP contribution in [0.5, 0.6) is 0 Å². The van der Waals surface area contributed by atoms with E-state index in [1.807, 2.05) is 79.7 Å². The molecule has 2 rings (SSSR count). The first kappa shape index (κ1) is 22.7. The Morgan fingerprint density at radius 1 is 0.727 bits per heavy atom. The Balaban J connectivity index is 0. The Hall–Kier alpha value is -1.60. The molecular formula is C21H25Na. The van der Waals surface area contributed by atoms with Crippen molar-refractivity contribution in [2.75, 3.05) is 0 Å². The summed E-state index contributed by atoms with van der Waals surface area (Å²) in [6.07, 6.45) is 5.39. The topological polar surface area (TPSA) is 0 Å². The van der Waals surface area contributed by atoms with Gasteiger partial charge in [-0.1, -0.05) is 111 Å². The second kappa shape index (κ2) is 15.8. The van der Waals surface area contributed by atoms with Gasteiger partial charge in [0.15, 0.2) is 0 Å². The van der Waals surface area contributed by atoms with E-state index in [0.717, 1.165) is 5.57 Å². The van der Waals surface area contributed by atoms with Crippen molar-refractivity contribution >= 4 is 41.7 Å². The van der Waals surface area contributed by atoms with Gasteiger partial charge in [-0.3, -0.25) is 0 Å². The predicted molar refractivity (Wildman–Crippen MR) is 105 cm³/mol. The summed E-state index contributed by atoms with van der Waals surface area (Å²) in [6.45, 7) is 16.2. The third kappa shape index (κ3) is 13.4. The standard InChI is InChI=1S/2C8H8.C5H8.Na.H/c2*1-2-8-6-4-3-5-7-8;1-4-5(2)3;;/h2*2-7H,1H2;4H,1-2H2,3H3;;. The molecule has 0 saturated heterocycles. The van der Waals surface area contributed by atoms with Crippen LogP contribution in [0.4, 0.5) is 0 Å². The monoisotopic (exact) mass is 300 g/mol. The maximum absolute atomic E-state index is 3.63. The van der Waals surface area contributed by atoms with Crippen molar-refractivity contribution in [3.8, 4) is 0 Å². The molecule has 0 aliphatic rings. The van der Waals surface area contributed by atoms with Crippen LogP contribution in [0.1, 0.15) is 18.1 Å². The third-order valence-electron chi connectivity index (χ3n) is 2.42. The summed E-state index contributed by atoms with van der Waals surface area (Å²) in [6, 6.07) is 20.1. The van der Waals surface area contributed by atoms with Crippen molar-refractivity contribution in [1.82, 2.24) is 0 Å². The van der Waals surface area contributed by atoms with Gasteiger partial charge in [-0.15, -0.1) is 0 Å². The molecule has 0 N–H and O–H groups in total. The van der Waals surface area contributed by atoms with E-state index < -0.39 is 0 Å². The van der Waals surface area contributed by atoms with Gasteiger partial charge < -0.3 is 0 Å². The SMILES string of the molecule is C=CC(=C)C.C=Cc1ccccc1.C=Cc1ccccc1.[NaH]. The van der Waals surface area contributed by atoms with E-state index in [1.54, 1.807) is 6.08 Å². The van der Waals surface area contributed by atoms with E-state index in [4.69, 9.17) is 0 Å². The molecule has 0 fully saturated rings. The van der Waals surface area contributed by atoms with Gasteiger partial charge in [-0.05, 0) is 18.1 Å². The molecule has 0 saturated carbocycles. The average Bonchev–Trinajstić information content (AvgIpc) is 2.57. The summed E-state index contributed by atoms with van der Waals surface area (Å²) >= 11 is 0. The van der Waals surface area contributed by atoms with Crippen LogP contribution in [0.3, 0.4) is 0 Å². The van der Waals surface area contributed by atoms with Crippen molar-refractivity contribution in [3.63, 3.8) is 0 Å². The number of rotatable bonds is 3. The van der Waals surface area contributed by atoms with Gasteiger partial charge in [-0.2, -0.15) is 0 Å². The molecule has 0 bridgehead atoms. The van der Waals surface area contributed by atoms with Crippen molar-refractivity contribution in [3.05, 3.63) is 110 Å². The van der Waals surface area contributed by atoms with E-state index >= 15 is 0 Å². The van der Waals surface area contributed by atoms with Crippen LogP contribution in [-0.2, 0) is 0 Å². The molecule has 22 heavy (non-hydrogen) atoms. The van der Waals surface area contributed by atoms with Crippen LogP contribution in [0.15, 0.2) is 98.6 Å². The molecule has 110 valence electrons. The fourth-order valence-corrected chi connectivity index (χ4v) is 1.18. The van der Waals surface area contributed by atoms with E-state index in [0.29, 0.717) is 0 Å². The zero-order valence-electron chi connectivity index (χ0n) is 12.8. The first-order chi connectivity index (χ1) is 10.1. The molecule has 0 spiro atoms. The molecule has 0 nitrogen and oxygen atoms in total. The van der Waals surface area contributed by atoms with Crippen LogP contribution in [0, 0.1) is 0 Å². The molecule has 2 aromatic rings. The molecule has 2 aromatic carbocycles. The molecule has 1 heteroatoms. The number of benzene rings is 2. The summed E-state index contributed by atoms with van der Waals surface area (Å²) in [7, 11) is 0. The minimum atomic E-state index is 0. The first-order valence-electron chi connectivity index (χ1n) is 6.77.